The van der Waals surface area contributed by atoms with E-state index < -0.39 is 10.8 Å². The van der Waals surface area contributed by atoms with Crippen LogP contribution in [0.5, 0.6) is 5.75 Å². The fourth-order valence-electron chi connectivity index (χ4n) is 2.92. The van der Waals surface area contributed by atoms with Gasteiger partial charge in [0, 0.05) is 23.6 Å². The third kappa shape index (κ3) is 3.92. The number of hydrogen-bond acceptors (Lipinski definition) is 8. The summed E-state index contributed by atoms with van der Waals surface area (Å²) in [5.74, 6) is 0.642. The Morgan fingerprint density at radius 2 is 2.10 bits per heavy atom. The maximum atomic E-state index is 12.7. The number of benzene rings is 2. The van der Waals surface area contributed by atoms with E-state index in [-0.39, 0.29) is 16.3 Å². The number of aryl methyl sites for hydroxylation is 1. The first-order valence-electron chi connectivity index (χ1n) is 9.06. The molecule has 2 heterocycles. The third-order valence-electron chi connectivity index (χ3n) is 4.47. The summed E-state index contributed by atoms with van der Waals surface area (Å²) in [4.78, 5) is 23.9. The lowest BCUT2D eigenvalue weighted by molar-refractivity contribution is -0.384. The van der Waals surface area contributed by atoms with Gasteiger partial charge >= 0.3 is 0 Å². The zero-order valence-electron chi connectivity index (χ0n) is 16.3. The van der Waals surface area contributed by atoms with E-state index in [1.165, 1.54) is 30.6 Å². The maximum Gasteiger partial charge on any atom is 0.288 e. The molecule has 0 aliphatic carbocycles. The van der Waals surface area contributed by atoms with Gasteiger partial charge in [0.15, 0.2) is 5.82 Å². The fraction of sp³-hybridized carbons (Fsp3) is 0.158. The molecule has 0 saturated carbocycles. The van der Waals surface area contributed by atoms with Gasteiger partial charge in [-0.3, -0.25) is 14.9 Å². The van der Waals surface area contributed by atoms with Crippen molar-refractivity contribution in [1.29, 1.82) is 0 Å². The minimum Gasteiger partial charge on any atom is -0.495 e. The number of ether oxygens (including phenoxy) is 1. The lowest BCUT2D eigenvalue weighted by Crippen LogP contribution is -2.13. The van der Waals surface area contributed by atoms with E-state index in [0.29, 0.717) is 27.8 Å². The molecule has 0 spiro atoms. The molecule has 1 N–H and O–H groups in total. The Hall–Kier alpha value is -3.57. The van der Waals surface area contributed by atoms with Crippen molar-refractivity contribution in [3.8, 4) is 16.3 Å². The molecular weight excluding hydrogens is 444 g/mol. The van der Waals surface area contributed by atoms with Crippen molar-refractivity contribution in [2.45, 2.75) is 13.3 Å². The van der Waals surface area contributed by atoms with Crippen LogP contribution in [0.4, 0.5) is 11.4 Å². The van der Waals surface area contributed by atoms with Gasteiger partial charge in [0.1, 0.15) is 15.8 Å². The van der Waals surface area contributed by atoms with Crippen LogP contribution in [0.3, 0.4) is 0 Å². The van der Waals surface area contributed by atoms with Gasteiger partial charge < -0.3 is 10.1 Å². The number of carbonyl (C=O) groups excluding carboxylic acids is 1. The SMILES string of the molecule is CCc1nnc2sc(-c3ccc(OC)c(NC(=O)c4ccc(Cl)c([N+](=O)[O-])c4)c3)nn12. The van der Waals surface area contributed by atoms with Crippen molar-refractivity contribution in [1.82, 2.24) is 19.8 Å². The number of aromatic nitrogens is 4. The van der Waals surface area contributed by atoms with Crippen LogP contribution in [-0.4, -0.2) is 37.8 Å². The molecule has 158 valence electrons. The minimum atomic E-state index is -0.640. The molecule has 0 unspecified atom stereocenters. The van der Waals surface area contributed by atoms with Gasteiger partial charge in [-0.25, -0.2) is 0 Å². The normalized spacial score (nSPS) is 10.9. The molecule has 4 rings (SSSR count). The Morgan fingerprint density at radius 1 is 1.29 bits per heavy atom. The summed E-state index contributed by atoms with van der Waals surface area (Å²) in [5.41, 5.74) is 0.886. The van der Waals surface area contributed by atoms with Crippen molar-refractivity contribution in [3.05, 3.63) is 62.9 Å². The highest BCUT2D eigenvalue weighted by molar-refractivity contribution is 7.19. The number of hydrogen-bond donors (Lipinski definition) is 1. The number of methoxy groups -OCH3 is 1. The van der Waals surface area contributed by atoms with Gasteiger partial charge in [-0.05, 0) is 30.3 Å². The first kappa shape index (κ1) is 20.7. The summed E-state index contributed by atoms with van der Waals surface area (Å²) in [5, 5.41) is 27.2. The molecule has 10 nitrogen and oxygen atoms in total. The van der Waals surface area contributed by atoms with Crippen LogP contribution < -0.4 is 10.1 Å². The second kappa shape index (κ2) is 8.28. The van der Waals surface area contributed by atoms with E-state index >= 15 is 0 Å². The number of nitro groups is 1. The number of anilines is 1. The quantitative estimate of drug-likeness (QED) is 0.338. The van der Waals surface area contributed by atoms with E-state index in [9.17, 15) is 14.9 Å². The molecule has 1 amide bonds. The van der Waals surface area contributed by atoms with Crippen LogP contribution in [0.2, 0.25) is 5.02 Å². The number of amides is 1. The van der Waals surface area contributed by atoms with E-state index in [0.717, 1.165) is 17.5 Å². The molecule has 0 atom stereocenters. The average molecular weight is 459 g/mol. The van der Waals surface area contributed by atoms with Gasteiger partial charge in [0.25, 0.3) is 11.6 Å². The lowest BCUT2D eigenvalue weighted by atomic mass is 10.1. The molecule has 2 aromatic carbocycles. The molecular formula is C19H15ClN6O4S. The van der Waals surface area contributed by atoms with Gasteiger partial charge in [-0.2, -0.15) is 9.61 Å². The fourth-order valence-corrected chi connectivity index (χ4v) is 3.96. The largest absolute Gasteiger partial charge is 0.495 e. The van der Waals surface area contributed by atoms with Crippen molar-refractivity contribution >= 4 is 45.2 Å². The minimum absolute atomic E-state index is 0.0455. The van der Waals surface area contributed by atoms with Crippen LogP contribution in [0.1, 0.15) is 23.1 Å². The smallest absolute Gasteiger partial charge is 0.288 e. The Labute approximate surface area is 184 Å². The molecule has 31 heavy (non-hydrogen) atoms. The summed E-state index contributed by atoms with van der Waals surface area (Å²) in [6, 6.07) is 9.10. The lowest BCUT2D eigenvalue weighted by Gasteiger charge is -2.11. The third-order valence-corrected chi connectivity index (χ3v) is 5.74. The Kier molecular flexibility index (Phi) is 5.53. The highest BCUT2D eigenvalue weighted by Crippen LogP contribution is 2.33. The van der Waals surface area contributed by atoms with Gasteiger partial charge in [-0.1, -0.05) is 29.9 Å². The Morgan fingerprint density at radius 3 is 2.81 bits per heavy atom. The molecule has 0 bridgehead atoms. The van der Waals surface area contributed by atoms with E-state index in [2.05, 4.69) is 20.6 Å². The van der Waals surface area contributed by atoms with Crippen LogP contribution in [-0.2, 0) is 6.42 Å². The molecule has 0 saturated heterocycles. The second-order valence-corrected chi connectivity index (χ2v) is 7.73. The van der Waals surface area contributed by atoms with Crippen molar-refractivity contribution in [2.75, 3.05) is 12.4 Å². The Bertz CT molecular complexity index is 1320. The van der Waals surface area contributed by atoms with Crippen LogP contribution in [0.15, 0.2) is 36.4 Å². The van der Waals surface area contributed by atoms with E-state index in [1.807, 2.05) is 13.0 Å². The van der Waals surface area contributed by atoms with Gasteiger partial charge in [0.2, 0.25) is 4.96 Å². The van der Waals surface area contributed by atoms with Crippen molar-refractivity contribution < 1.29 is 14.5 Å². The molecule has 2 aromatic heterocycles. The van der Waals surface area contributed by atoms with Crippen LogP contribution >= 0.6 is 22.9 Å². The summed E-state index contributed by atoms with van der Waals surface area (Å²) < 4.78 is 7.04. The summed E-state index contributed by atoms with van der Waals surface area (Å²) in [6.07, 6.45) is 0.696. The molecule has 12 heteroatoms. The van der Waals surface area contributed by atoms with Crippen LogP contribution in [0, 0.1) is 10.1 Å². The average Bonchev–Trinajstić information content (AvgIpc) is 3.34. The number of nitrogens with zero attached hydrogens (tertiary/aromatic N) is 5. The van der Waals surface area contributed by atoms with Gasteiger partial charge in [0.05, 0.1) is 17.7 Å². The highest BCUT2D eigenvalue weighted by Gasteiger charge is 2.19. The first-order valence-corrected chi connectivity index (χ1v) is 10.3. The highest BCUT2D eigenvalue weighted by atomic mass is 35.5. The number of halogens is 1. The predicted molar refractivity (Wildman–Crippen MR) is 116 cm³/mol. The van der Waals surface area contributed by atoms with E-state index in [4.69, 9.17) is 16.3 Å². The van der Waals surface area contributed by atoms with Gasteiger partial charge in [-0.15, -0.1) is 10.2 Å². The topological polar surface area (TPSA) is 125 Å². The number of carbonyl (C=O) groups is 1. The Balaban J connectivity index is 1.67. The predicted octanol–water partition coefficient (Wildman–Crippen LogP) is 4.24. The maximum absolute atomic E-state index is 12.7. The zero-order valence-corrected chi connectivity index (χ0v) is 17.9. The molecule has 0 fully saturated rings. The van der Waals surface area contributed by atoms with E-state index in [1.54, 1.807) is 16.6 Å². The van der Waals surface area contributed by atoms with Crippen LogP contribution in [0.25, 0.3) is 15.5 Å². The summed E-state index contributed by atoms with van der Waals surface area (Å²) in [7, 11) is 1.48. The van der Waals surface area contributed by atoms with Crippen molar-refractivity contribution in [3.63, 3.8) is 0 Å². The number of nitrogens with one attached hydrogen (secondary N) is 1. The zero-order chi connectivity index (χ0) is 22.1. The molecule has 0 aliphatic heterocycles. The number of nitro benzene ring substituents is 1. The first-order chi connectivity index (χ1) is 14.9. The van der Waals surface area contributed by atoms with Crippen molar-refractivity contribution in [2.24, 2.45) is 0 Å². The molecule has 4 aromatic rings. The summed E-state index contributed by atoms with van der Waals surface area (Å²) >= 11 is 7.19. The second-order valence-electron chi connectivity index (χ2n) is 6.36. The number of rotatable bonds is 6. The standard InChI is InChI=1S/C19H15ClN6O4S/c1-3-16-22-23-19-25(16)24-18(31-19)11-5-7-15(30-2)13(8-11)21-17(27)10-4-6-12(20)14(9-10)26(28)29/h4-9H,3H2,1-2H3,(H,21,27). The summed E-state index contributed by atoms with van der Waals surface area (Å²) in [6.45, 7) is 1.97. The monoisotopic (exact) mass is 458 g/mol. The molecule has 0 radical (unpaired) electrons. The number of fused-ring (bicyclic) bond motifs is 1. The molecule has 0 aliphatic rings.